The lowest BCUT2D eigenvalue weighted by molar-refractivity contribution is -0.199. The van der Waals surface area contributed by atoms with Crippen LogP contribution < -0.4 is 11.4 Å². The van der Waals surface area contributed by atoms with Crippen molar-refractivity contribution >= 4 is 25.3 Å². The summed E-state index contributed by atoms with van der Waals surface area (Å²) in [6.07, 6.45) is -0.638. The Morgan fingerprint density at radius 3 is 2.60 bits per heavy atom. The Morgan fingerprint density at radius 2 is 1.93 bits per heavy atom. The van der Waals surface area contributed by atoms with Crippen LogP contribution in [0.1, 0.15) is 40.8 Å². The third kappa shape index (κ3) is 3.48. The van der Waals surface area contributed by atoms with Gasteiger partial charge in [0.25, 0.3) is 0 Å². The van der Waals surface area contributed by atoms with E-state index in [0.29, 0.717) is 17.8 Å². The van der Waals surface area contributed by atoms with Crippen LogP contribution in [0.2, 0.25) is 18.1 Å². The van der Waals surface area contributed by atoms with Crippen molar-refractivity contribution in [3.63, 3.8) is 0 Å². The molecule has 4 rings (SSSR count). The molecule has 0 saturated carbocycles. The topological polar surface area (TPSA) is 127 Å². The first-order valence-corrected chi connectivity index (χ1v) is 13.1. The lowest BCUT2D eigenvalue weighted by atomic mass is 10.1. The molecule has 10 nitrogen and oxygen atoms in total. The molecule has 0 spiro atoms. The first kappa shape index (κ1) is 21.4. The lowest BCUT2D eigenvalue weighted by Gasteiger charge is -2.37. The second-order valence-corrected chi connectivity index (χ2v) is 14.8. The molecule has 0 amide bonds. The Balaban J connectivity index is 1.67. The summed E-state index contributed by atoms with van der Waals surface area (Å²) in [6, 6.07) is 0. The molecule has 0 bridgehead atoms. The maximum absolute atomic E-state index is 12.8. The average molecular weight is 438 g/mol. The second kappa shape index (κ2) is 6.86. The van der Waals surface area contributed by atoms with Crippen molar-refractivity contribution in [2.45, 2.75) is 83.1 Å². The van der Waals surface area contributed by atoms with Gasteiger partial charge in [-0.15, -0.1) is 0 Å². The van der Waals surface area contributed by atoms with Gasteiger partial charge >= 0.3 is 5.69 Å². The van der Waals surface area contributed by atoms with E-state index in [9.17, 15) is 4.79 Å². The zero-order chi connectivity index (χ0) is 22.1. The van der Waals surface area contributed by atoms with Gasteiger partial charge in [0.2, 0.25) is 0 Å². The molecular formula is C19H31N5O5Si. The van der Waals surface area contributed by atoms with E-state index < -0.39 is 26.4 Å². The number of H-pyrrole nitrogens is 1. The number of anilines is 1. The van der Waals surface area contributed by atoms with Crippen LogP contribution in [0.4, 0.5) is 5.82 Å². The lowest BCUT2D eigenvalue weighted by Crippen LogP contribution is -2.44. The molecule has 3 N–H and O–H groups in total. The number of rotatable bonds is 4. The van der Waals surface area contributed by atoms with Gasteiger partial charge in [0.05, 0.1) is 6.61 Å². The van der Waals surface area contributed by atoms with Crippen LogP contribution in [0.3, 0.4) is 0 Å². The summed E-state index contributed by atoms with van der Waals surface area (Å²) in [5.74, 6) is -0.594. The smallest absolute Gasteiger partial charge is 0.330 e. The molecule has 4 heterocycles. The molecule has 2 aromatic rings. The predicted octanol–water partition coefficient (Wildman–Crippen LogP) is 2.14. The second-order valence-electron chi connectivity index (χ2n) is 9.96. The van der Waals surface area contributed by atoms with E-state index in [1.54, 1.807) is 0 Å². The molecule has 30 heavy (non-hydrogen) atoms. The number of hydrogen-bond donors (Lipinski definition) is 2. The highest BCUT2D eigenvalue weighted by atomic mass is 28.4. The quantitative estimate of drug-likeness (QED) is 0.697. The average Bonchev–Trinajstić information content (AvgIpc) is 3.21. The number of nitrogens with zero attached hydrogens (tertiary/aromatic N) is 3. The van der Waals surface area contributed by atoms with Crippen molar-refractivity contribution < 1.29 is 18.6 Å². The minimum atomic E-state index is -1.99. The maximum atomic E-state index is 12.8. The summed E-state index contributed by atoms with van der Waals surface area (Å²) in [6.45, 7) is 15.0. The minimum absolute atomic E-state index is 0.0684. The van der Waals surface area contributed by atoms with E-state index >= 15 is 0 Å². The summed E-state index contributed by atoms with van der Waals surface area (Å²) < 4.78 is 26.4. The third-order valence-corrected chi connectivity index (χ3v) is 10.8. The molecule has 0 unspecified atom stereocenters. The number of imidazole rings is 1. The van der Waals surface area contributed by atoms with Crippen molar-refractivity contribution in [3.05, 3.63) is 16.8 Å². The van der Waals surface area contributed by atoms with Gasteiger partial charge in [0.1, 0.15) is 30.2 Å². The SMILES string of the molecule is CC1(C)O[C@@H]2[C@H](O1)[C@@H](CO[Si](C)(C)C(C)(C)C)O[C@H]2n1c(=O)[nH]c2c(N)ncnc21. The molecular weight excluding hydrogens is 406 g/mol. The maximum Gasteiger partial charge on any atom is 0.330 e. The monoisotopic (exact) mass is 437 g/mol. The van der Waals surface area contributed by atoms with Crippen molar-refractivity contribution in [2.24, 2.45) is 0 Å². The molecule has 2 saturated heterocycles. The van der Waals surface area contributed by atoms with E-state index in [-0.39, 0.29) is 28.8 Å². The number of nitrogens with two attached hydrogens (primary N) is 1. The van der Waals surface area contributed by atoms with E-state index in [1.165, 1.54) is 10.9 Å². The van der Waals surface area contributed by atoms with Crippen LogP contribution >= 0.6 is 0 Å². The fraction of sp³-hybridized carbons (Fsp3) is 0.737. The van der Waals surface area contributed by atoms with Crippen molar-refractivity contribution in [1.82, 2.24) is 19.5 Å². The number of nitrogens with one attached hydrogen (secondary N) is 1. The first-order valence-electron chi connectivity index (χ1n) is 10.2. The molecule has 2 aliphatic rings. The molecule has 4 atom stereocenters. The van der Waals surface area contributed by atoms with E-state index in [0.717, 1.165) is 0 Å². The molecule has 2 fully saturated rings. The summed E-state index contributed by atoms with van der Waals surface area (Å²) >= 11 is 0. The number of aromatic amines is 1. The van der Waals surface area contributed by atoms with E-state index in [1.807, 2.05) is 13.8 Å². The van der Waals surface area contributed by atoms with Crippen LogP contribution in [0, 0.1) is 0 Å². The largest absolute Gasteiger partial charge is 0.414 e. The zero-order valence-electron chi connectivity index (χ0n) is 18.6. The third-order valence-electron chi connectivity index (χ3n) is 6.33. The van der Waals surface area contributed by atoms with E-state index in [2.05, 4.69) is 48.8 Å². The number of hydrogen-bond acceptors (Lipinski definition) is 8. The Morgan fingerprint density at radius 1 is 1.27 bits per heavy atom. The molecule has 0 radical (unpaired) electrons. The van der Waals surface area contributed by atoms with Gasteiger partial charge < -0.3 is 29.4 Å². The van der Waals surface area contributed by atoms with Crippen molar-refractivity contribution in [1.29, 1.82) is 0 Å². The molecule has 166 valence electrons. The predicted molar refractivity (Wildman–Crippen MR) is 113 cm³/mol. The number of aromatic nitrogens is 4. The summed E-state index contributed by atoms with van der Waals surface area (Å²) in [5.41, 5.74) is 6.26. The summed E-state index contributed by atoms with van der Waals surface area (Å²) in [4.78, 5) is 23.7. The number of nitrogen functional groups attached to an aromatic ring is 1. The van der Waals surface area contributed by atoms with Gasteiger partial charge in [0, 0.05) is 0 Å². The number of fused-ring (bicyclic) bond motifs is 2. The van der Waals surface area contributed by atoms with Crippen LogP contribution in [-0.4, -0.2) is 58.5 Å². The molecule has 0 aromatic carbocycles. The molecule has 2 aliphatic heterocycles. The van der Waals surface area contributed by atoms with Crippen molar-refractivity contribution in [2.75, 3.05) is 12.3 Å². The summed E-state index contributed by atoms with van der Waals surface area (Å²) in [7, 11) is -1.99. The Labute approximate surface area is 176 Å². The zero-order valence-corrected chi connectivity index (χ0v) is 19.6. The highest BCUT2D eigenvalue weighted by Gasteiger charge is 2.57. The minimum Gasteiger partial charge on any atom is -0.414 e. The summed E-state index contributed by atoms with van der Waals surface area (Å²) in [5, 5.41) is 0.0684. The van der Waals surface area contributed by atoms with E-state index in [4.69, 9.17) is 24.4 Å². The molecule has 0 aliphatic carbocycles. The van der Waals surface area contributed by atoms with Crippen LogP contribution in [0.15, 0.2) is 11.1 Å². The fourth-order valence-corrected chi connectivity index (χ4v) is 4.71. The molecule has 11 heteroatoms. The van der Waals surface area contributed by atoms with Gasteiger partial charge in [-0.3, -0.25) is 0 Å². The Bertz CT molecular complexity index is 1010. The highest BCUT2D eigenvalue weighted by molar-refractivity contribution is 6.74. The Kier molecular flexibility index (Phi) is 4.90. The fourth-order valence-electron chi connectivity index (χ4n) is 3.70. The van der Waals surface area contributed by atoms with Gasteiger partial charge in [-0.25, -0.2) is 19.3 Å². The molecule has 2 aromatic heterocycles. The van der Waals surface area contributed by atoms with Gasteiger partial charge in [0.15, 0.2) is 31.8 Å². The van der Waals surface area contributed by atoms with Crippen LogP contribution in [0.5, 0.6) is 0 Å². The van der Waals surface area contributed by atoms with Crippen LogP contribution in [-0.2, 0) is 18.6 Å². The standard InChI is InChI=1S/C19H31N5O5Si/c1-18(2,3)30(6,7)26-8-10-12-13(29-19(4,5)28-12)16(27-10)24-15-11(23-17(24)25)14(20)21-9-22-15/h9-10,12-13,16H,8H2,1-7H3,(H,23,25)(H2,20,21,22)/t10-,12-,13-,16-/m1/s1. The Hall–Kier alpha value is -1.79. The van der Waals surface area contributed by atoms with Crippen molar-refractivity contribution in [3.8, 4) is 0 Å². The van der Waals surface area contributed by atoms with Gasteiger partial charge in [-0.1, -0.05) is 20.8 Å². The number of ether oxygens (including phenoxy) is 3. The van der Waals surface area contributed by atoms with Gasteiger partial charge in [-0.2, -0.15) is 0 Å². The first-order chi connectivity index (χ1) is 13.8. The van der Waals surface area contributed by atoms with Crippen LogP contribution in [0.25, 0.3) is 11.2 Å². The highest BCUT2D eigenvalue weighted by Crippen LogP contribution is 2.44. The normalized spacial score (nSPS) is 28.9. The van der Waals surface area contributed by atoms with Gasteiger partial charge in [-0.05, 0) is 32.0 Å².